The van der Waals surface area contributed by atoms with Gasteiger partial charge in [-0.1, -0.05) is 24.3 Å². The molecule has 1 unspecified atom stereocenters. The van der Waals surface area contributed by atoms with Gasteiger partial charge in [0.05, 0.1) is 16.8 Å². The van der Waals surface area contributed by atoms with Gasteiger partial charge in [-0.2, -0.15) is 0 Å². The number of hydrogen-bond donors (Lipinski definition) is 4. The van der Waals surface area contributed by atoms with Crippen LogP contribution in [0.2, 0.25) is 0 Å². The molecule has 4 N–H and O–H groups in total. The third-order valence-electron chi connectivity index (χ3n) is 11.1. The van der Waals surface area contributed by atoms with Gasteiger partial charge >= 0.3 is 0 Å². The Labute approximate surface area is 351 Å². The lowest BCUT2D eigenvalue weighted by molar-refractivity contribution is -0.136. The summed E-state index contributed by atoms with van der Waals surface area (Å²) in [6.45, 7) is 5.68. The quantitative estimate of drug-likeness (QED) is 0.0938. The molecule has 16 nitrogen and oxygen atoms in total. The smallest absolute Gasteiger partial charge is 0.264 e. The van der Waals surface area contributed by atoms with Crippen LogP contribution in [0.1, 0.15) is 67.9 Å². The number of rotatable bonds is 13. The summed E-state index contributed by atoms with van der Waals surface area (Å²) in [5.41, 5.74) is 6.43. The van der Waals surface area contributed by atoms with Gasteiger partial charge in [-0.05, 0) is 85.5 Å². The predicted molar refractivity (Wildman–Crippen MR) is 227 cm³/mol. The van der Waals surface area contributed by atoms with Crippen LogP contribution in [0.25, 0.3) is 11.3 Å². The highest BCUT2D eigenvalue weighted by Crippen LogP contribution is 2.32. The number of nitrogens with zero attached hydrogens (tertiary/aromatic N) is 6. The number of aromatic nitrogens is 3. The molecule has 0 bridgehead atoms. The number of hydrogen-bond acceptors (Lipinski definition) is 12. The summed E-state index contributed by atoms with van der Waals surface area (Å²) in [7, 11) is 0. The van der Waals surface area contributed by atoms with E-state index >= 15 is 0 Å². The normalized spacial score (nSPS) is 16.6. The van der Waals surface area contributed by atoms with Crippen molar-refractivity contribution in [3.8, 4) is 11.3 Å². The number of carbonyl (C=O) groups is 6. The maximum absolute atomic E-state index is 13.4. The average Bonchev–Trinajstić information content (AvgIpc) is 3.53. The topological polar surface area (TPSA) is 199 Å². The number of nitrogens with one attached hydrogen (secondary N) is 4. The number of fused-ring (bicyclic) bond motifs is 1. The second-order valence-corrected chi connectivity index (χ2v) is 15.2. The SMILES string of the molecule is Cc1ccc(NC(=O)c2ccc(CN3CCN(C(=O)CCCNc4cccc5c4C(=O)N(C4CCC(=O)NC4=O)C5=O)CC3)cc2)cc1Nc1nccc(-c2cccnc2)n1. The maximum atomic E-state index is 13.4. The minimum absolute atomic E-state index is 0.0465. The van der Waals surface area contributed by atoms with Gasteiger partial charge in [-0.25, -0.2) is 9.97 Å². The molecule has 5 aromatic rings. The molecule has 1 atom stereocenters. The van der Waals surface area contributed by atoms with Gasteiger partial charge in [-0.15, -0.1) is 0 Å². The van der Waals surface area contributed by atoms with E-state index in [1.165, 1.54) is 0 Å². The number of carbonyl (C=O) groups excluding carboxylic acids is 6. The van der Waals surface area contributed by atoms with E-state index in [4.69, 9.17) is 0 Å². The average molecular weight is 821 g/mol. The van der Waals surface area contributed by atoms with Crippen LogP contribution in [0.15, 0.2) is 97.5 Å². The highest BCUT2D eigenvalue weighted by Gasteiger charge is 2.45. The number of aryl methyl sites for hydroxylation is 1. The van der Waals surface area contributed by atoms with Crippen molar-refractivity contribution >= 4 is 58.5 Å². The molecule has 6 amide bonds. The lowest BCUT2D eigenvalue weighted by Gasteiger charge is -2.35. The number of amides is 6. The van der Waals surface area contributed by atoms with Crippen molar-refractivity contribution < 1.29 is 28.8 Å². The first-order valence-corrected chi connectivity index (χ1v) is 20.2. The molecular formula is C45H44N10O6. The Hall–Kier alpha value is -7.33. The first-order chi connectivity index (χ1) is 29.6. The lowest BCUT2D eigenvalue weighted by Crippen LogP contribution is -2.54. The van der Waals surface area contributed by atoms with Gasteiger partial charge < -0.3 is 20.9 Å². The second kappa shape index (κ2) is 17.9. The molecule has 2 fully saturated rings. The summed E-state index contributed by atoms with van der Waals surface area (Å²) in [6, 6.07) is 22.6. The van der Waals surface area contributed by atoms with Crippen LogP contribution in [-0.2, 0) is 20.9 Å². The summed E-state index contributed by atoms with van der Waals surface area (Å²) >= 11 is 0. The Morgan fingerprint density at radius 3 is 2.46 bits per heavy atom. The van der Waals surface area contributed by atoms with E-state index in [2.05, 4.69) is 41.1 Å². The van der Waals surface area contributed by atoms with E-state index in [-0.39, 0.29) is 35.8 Å². The standard InChI is InChI=1S/C45H44N10O6/c1-28-9-14-32(25-36(28)51-45-48-20-17-34(50-45)31-5-3-18-46-26-31)49-41(58)30-12-10-29(11-13-30)27-53-21-23-54(24-22-53)39(57)8-4-19-47-35-7-2-6-33-40(35)44(61)55(43(33)60)37-15-16-38(56)52-42(37)59/h2-3,5-7,9-14,17-18,20,25-26,37,47H,4,8,15-16,19,21-24,27H2,1H3,(H,49,58)(H,48,50,51)(H,52,56,59). The van der Waals surface area contributed by atoms with Crippen LogP contribution in [0.4, 0.5) is 23.0 Å². The zero-order chi connectivity index (χ0) is 42.5. The van der Waals surface area contributed by atoms with E-state index < -0.39 is 29.7 Å². The molecule has 2 aromatic heterocycles. The zero-order valence-corrected chi connectivity index (χ0v) is 33.5. The van der Waals surface area contributed by atoms with Crippen molar-refractivity contribution in [2.24, 2.45) is 0 Å². The number of piperazine rings is 1. The first kappa shape index (κ1) is 40.4. The minimum Gasteiger partial charge on any atom is -0.384 e. The number of piperidine rings is 1. The van der Waals surface area contributed by atoms with Crippen molar-refractivity contribution in [2.75, 3.05) is 48.7 Å². The molecule has 0 aliphatic carbocycles. The number of benzene rings is 3. The lowest BCUT2D eigenvalue weighted by atomic mass is 10.0. The van der Waals surface area contributed by atoms with E-state index in [9.17, 15) is 28.8 Å². The number of anilines is 4. The van der Waals surface area contributed by atoms with Gasteiger partial charge in [0.2, 0.25) is 23.7 Å². The highest BCUT2D eigenvalue weighted by molar-refractivity contribution is 6.25. The van der Waals surface area contributed by atoms with Crippen molar-refractivity contribution in [3.05, 3.63) is 125 Å². The molecule has 3 aliphatic heterocycles. The maximum Gasteiger partial charge on any atom is 0.264 e. The third-order valence-corrected chi connectivity index (χ3v) is 11.1. The van der Waals surface area contributed by atoms with E-state index in [1.54, 1.807) is 36.8 Å². The molecule has 0 spiro atoms. The van der Waals surface area contributed by atoms with Gasteiger partial charge in [0.25, 0.3) is 17.7 Å². The van der Waals surface area contributed by atoms with Gasteiger partial charge in [0, 0.05) is 98.9 Å². The number of imide groups is 2. The molecular weight excluding hydrogens is 777 g/mol. The molecule has 8 rings (SSSR count). The molecule has 2 saturated heterocycles. The van der Waals surface area contributed by atoms with Crippen LogP contribution in [0, 0.1) is 6.92 Å². The fraction of sp³-hybridized carbons (Fsp3) is 0.267. The molecule has 0 radical (unpaired) electrons. The van der Waals surface area contributed by atoms with Gasteiger partial charge in [0.15, 0.2) is 0 Å². The third kappa shape index (κ3) is 9.13. The van der Waals surface area contributed by atoms with Crippen molar-refractivity contribution in [3.63, 3.8) is 0 Å². The summed E-state index contributed by atoms with van der Waals surface area (Å²) in [6.07, 6.45) is 6.11. The second-order valence-electron chi connectivity index (χ2n) is 15.2. The van der Waals surface area contributed by atoms with Crippen LogP contribution in [-0.4, -0.2) is 104 Å². The Morgan fingerprint density at radius 2 is 1.69 bits per heavy atom. The van der Waals surface area contributed by atoms with Crippen LogP contribution < -0.4 is 21.3 Å². The summed E-state index contributed by atoms with van der Waals surface area (Å²) in [5, 5.41) is 11.7. The molecule has 5 heterocycles. The molecule has 3 aliphatic rings. The molecule has 16 heteroatoms. The van der Waals surface area contributed by atoms with Crippen LogP contribution in [0.3, 0.4) is 0 Å². The summed E-state index contributed by atoms with van der Waals surface area (Å²) < 4.78 is 0. The monoisotopic (exact) mass is 820 g/mol. The largest absolute Gasteiger partial charge is 0.384 e. The van der Waals surface area contributed by atoms with Crippen molar-refractivity contribution in [1.82, 2.24) is 35.0 Å². The summed E-state index contributed by atoms with van der Waals surface area (Å²) in [4.78, 5) is 95.1. The summed E-state index contributed by atoms with van der Waals surface area (Å²) in [5.74, 6) is -1.98. The Kier molecular flexibility index (Phi) is 11.9. The van der Waals surface area contributed by atoms with Crippen LogP contribution in [0.5, 0.6) is 0 Å². The van der Waals surface area contributed by atoms with Gasteiger partial charge in [0.1, 0.15) is 6.04 Å². The van der Waals surface area contributed by atoms with E-state index in [0.29, 0.717) is 75.0 Å². The fourth-order valence-electron chi connectivity index (χ4n) is 7.71. The van der Waals surface area contributed by atoms with Crippen molar-refractivity contribution in [2.45, 2.75) is 45.2 Å². The first-order valence-electron chi connectivity index (χ1n) is 20.2. The zero-order valence-electron chi connectivity index (χ0n) is 33.5. The molecule has 61 heavy (non-hydrogen) atoms. The fourth-order valence-corrected chi connectivity index (χ4v) is 7.71. The van der Waals surface area contributed by atoms with Crippen LogP contribution >= 0.6 is 0 Å². The number of pyridine rings is 1. The van der Waals surface area contributed by atoms with Crippen molar-refractivity contribution in [1.29, 1.82) is 0 Å². The molecule has 310 valence electrons. The van der Waals surface area contributed by atoms with E-state index in [1.807, 2.05) is 72.5 Å². The highest BCUT2D eigenvalue weighted by atomic mass is 16.2. The van der Waals surface area contributed by atoms with Gasteiger partial charge in [-0.3, -0.25) is 48.9 Å². The minimum atomic E-state index is -1.04. The Balaban J connectivity index is 0.772. The Bertz CT molecular complexity index is 2510. The van der Waals surface area contributed by atoms with E-state index in [0.717, 1.165) is 33.0 Å². The predicted octanol–water partition coefficient (Wildman–Crippen LogP) is 4.78. The molecule has 3 aromatic carbocycles. The Morgan fingerprint density at radius 1 is 0.869 bits per heavy atom. The molecule has 0 saturated carbocycles.